The van der Waals surface area contributed by atoms with Crippen LogP contribution in [0.15, 0.2) is 78.6 Å². The fourth-order valence-electron chi connectivity index (χ4n) is 4.56. The van der Waals surface area contributed by atoms with E-state index in [1.54, 1.807) is 67.8 Å². The third-order valence-electron chi connectivity index (χ3n) is 6.47. The fraction of sp³-hybridized carbons (Fsp3) is 0.267. The number of ketones is 1. The molecule has 8 nitrogen and oxygen atoms in total. The number of aliphatic hydroxyl groups is 1. The van der Waals surface area contributed by atoms with E-state index in [2.05, 4.69) is 0 Å². The summed E-state index contributed by atoms with van der Waals surface area (Å²) in [5, 5.41) is 10.7. The van der Waals surface area contributed by atoms with Gasteiger partial charge in [0.05, 0.1) is 27.9 Å². The number of Topliss-reactive ketones (excluding diaryl/α,β-unsaturated/α-hetero) is 1. The van der Waals surface area contributed by atoms with Crippen molar-refractivity contribution in [2.45, 2.75) is 25.4 Å². The van der Waals surface area contributed by atoms with Crippen molar-refractivity contribution in [2.75, 3.05) is 27.9 Å². The molecule has 1 amide bonds. The Balaban J connectivity index is 1.87. The first-order chi connectivity index (χ1) is 18.4. The highest BCUT2D eigenvalue weighted by Gasteiger charge is 2.52. The molecule has 1 N–H and O–H groups in total. The van der Waals surface area contributed by atoms with Crippen LogP contribution in [-0.4, -0.2) is 49.6 Å². The molecule has 0 fully saturated rings. The Kier molecular flexibility index (Phi) is 7.90. The molecule has 1 heterocycles. The average molecular weight is 518 g/mol. The number of benzene rings is 3. The van der Waals surface area contributed by atoms with Gasteiger partial charge in [-0.2, -0.15) is 0 Å². The third-order valence-corrected chi connectivity index (χ3v) is 6.47. The van der Waals surface area contributed by atoms with Crippen LogP contribution in [0.5, 0.6) is 23.0 Å². The van der Waals surface area contributed by atoms with Crippen LogP contribution in [0.3, 0.4) is 0 Å². The molecule has 4 rings (SSSR count). The molecule has 0 bridgehead atoms. The van der Waals surface area contributed by atoms with E-state index in [0.29, 0.717) is 40.7 Å². The number of rotatable bonds is 11. The Labute approximate surface area is 222 Å². The lowest BCUT2D eigenvalue weighted by atomic mass is 9.81. The van der Waals surface area contributed by atoms with Crippen molar-refractivity contribution in [2.24, 2.45) is 0 Å². The van der Waals surface area contributed by atoms with Gasteiger partial charge < -0.3 is 29.0 Å². The van der Waals surface area contributed by atoms with Crippen molar-refractivity contribution in [3.8, 4) is 23.0 Å². The van der Waals surface area contributed by atoms with Crippen molar-refractivity contribution in [1.82, 2.24) is 4.90 Å². The van der Waals surface area contributed by atoms with Crippen LogP contribution >= 0.6 is 0 Å². The van der Waals surface area contributed by atoms with Crippen LogP contribution in [0.2, 0.25) is 0 Å². The number of methoxy groups -OCH3 is 3. The summed E-state index contributed by atoms with van der Waals surface area (Å²) in [6.45, 7) is 2.61. The quantitative estimate of drug-likeness (QED) is 0.355. The number of nitrogens with zero attached hydrogens (tertiary/aromatic N) is 1. The van der Waals surface area contributed by atoms with Gasteiger partial charge in [0.25, 0.3) is 5.91 Å². The van der Waals surface area contributed by atoms with Crippen molar-refractivity contribution in [3.05, 3.63) is 95.3 Å². The lowest BCUT2D eigenvalue weighted by Crippen LogP contribution is -2.49. The van der Waals surface area contributed by atoms with Crippen LogP contribution in [0, 0.1) is 0 Å². The fourth-order valence-corrected chi connectivity index (χ4v) is 4.56. The van der Waals surface area contributed by atoms with E-state index in [9.17, 15) is 14.7 Å². The second-order valence-corrected chi connectivity index (χ2v) is 8.81. The zero-order chi connectivity index (χ0) is 27.3. The van der Waals surface area contributed by atoms with Gasteiger partial charge in [0, 0.05) is 18.2 Å². The molecule has 1 aliphatic rings. The summed E-state index contributed by atoms with van der Waals surface area (Å²) in [5.41, 5.74) is -0.151. The number of aliphatic hydroxyl groups excluding tert-OH is 1. The van der Waals surface area contributed by atoms with Crippen molar-refractivity contribution < 1.29 is 33.6 Å². The summed E-state index contributed by atoms with van der Waals surface area (Å²) in [7, 11) is 4.56. The van der Waals surface area contributed by atoms with Gasteiger partial charge in [0.15, 0.2) is 28.6 Å². The first-order valence-corrected chi connectivity index (χ1v) is 12.2. The van der Waals surface area contributed by atoms with Gasteiger partial charge in [-0.3, -0.25) is 9.59 Å². The summed E-state index contributed by atoms with van der Waals surface area (Å²) >= 11 is 0. The largest absolute Gasteiger partial charge is 0.503 e. The highest BCUT2D eigenvalue weighted by atomic mass is 16.5. The molecule has 0 spiro atoms. The molecule has 0 aromatic heterocycles. The van der Waals surface area contributed by atoms with Crippen LogP contribution < -0.4 is 18.9 Å². The van der Waals surface area contributed by atoms with Crippen LogP contribution in [0.4, 0.5) is 0 Å². The molecule has 0 saturated heterocycles. The average Bonchev–Trinajstić information content (AvgIpc) is 3.21. The van der Waals surface area contributed by atoms with E-state index < -0.39 is 23.0 Å². The summed E-state index contributed by atoms with van der Waals surface area (Å²) in [6.07, 6.45) is 2.16. The van der Waals surface area contributed by atoms with Crippen LogP contribution in [0.1, 0.15) is 34.8 Å². The van der Waals surface area contributed by atoms with Crippen LogP contribution in [0.25, 0.3) is 0 Å². The predicted octanol–water partition coefficient (Wildman–Crippen LogP) is 5.06. The minimum atomic E-state index is -1.66. The summed E-state index contributed by atoms with van der Waals surface area (Å²) < 4.78 is 21.9. The smallest absolute Gasteiger partial charge is 0.290 e. The van der Waals surface area contributed by atoms with E-state index in [1.807, 2.05) is 13.0 Å². The molecular formula is C30H31NO7. The lowest BCUT2D eigenvalue weighted by Gasteiger charge is -2.37. The van der Waals surface area contributed by atoms with E-state index in [4.69, 9.17) is 18.9 Å². The number of ether oxygens (including phenoxy) is 4. The van der Waals surface area contributed by atoms with Crippen LogP contribution in [-0.2, 0) is 16.9 Å². The number of carbonyl (C=O) groups is 2. The Bertz CT molecular complexity index is 1350. The van der Waals surface area contributed by atoms with Gasteiger partial charge in [-0.05, 0) is 66.1 Å². The molecule has 0 radical (unpaired) electrons. The first kappa shape index (κ1) is 26.6. The zero-order valence-electron chi connectivity index (χ0n) is 21.9. The van der Waals surface area contributed by atoms with E-state index in [-0.39, 0.29) is 6.54 Å². The number of carbonyl (C=O) groups excluding carboxylic acids is 2. The summed E-state index contributed by atoms with van der Waals surface area (Å²) in [5.74, 6) is 0.516. The number of hydrogen-bond donors (Lipinski definition) is 1. The summed E-state index contributed by atoms with van der Waals surface area (Å²) in [4.78, 5) is 29.1. The SMILES string of the molecule is CCCOc1ccc(C(=O)C2(c3ccc(OC)c(OC)c3)C=C(O)C(=O)N2Cc2cccc(OC)c2)cc1. The minimum absolute atomic E-state index is 0.0361. The second kappa shape index (κ2) is 11.3. The van der Waals surface area contributed by atoms with Gasteiger partial charge in [-0.1, -0.05) is 25.1 Å². The van der Waals surface area contributed by atoms with E-state index >= 15 is 0 Å². The van der Waals surface area contributed by atoms with Crippen molar-refractivity contribution >= 4 is 11.7 Å². The Morgan fingerprint density at radius 3 is 2.29 bits per heavy atom. The molecule has 38 heavy (non-hydrogen) atoms. The topological polar surface area (TPSA) is 94.5 Å². The number of hydrogen-bond acceptors (Lipinski definition) is 7. The maximum absolute atomic E-state index is 14.4. The Hall–Kier alpha value is -4.46. The third kappa shape index (κ3) is 4.89. The maximum atomic E-state index is 14.4. The maximum Gasteiger partial charge on any atom is 0.290 e. The van der Waals surface area contributed by atoms with Gasteiger partial charge in [0.2, 0.25) is 0 Å². The van der Waals surface area contributed by atoms with Gasteiger partial charge in [-0.15, -0.1) is 0 Å². The Morgan fingerprint density at radius 2 is 1.63 bits per heavy atom. The molecule has 3 aromatic rings. The molecule has 3 aromatic carbocycles. The zero-order valence-corrected chi connectivity index (χ0v) is 21.9. The Morgan fingerprint density at radius 1 is 0.895 bits per heavy atom. The van der Waals surface area contributed by atoms with Gasteiger partial charge in [0.1, 0.15) is 11.5 Å². The van der Waals surface area contributed by atoms with Crippen molar-refractivity contribution in [3.63, 3.8) is 0 Å². The minimum Gasteiger partial charge on any atom is -0.503 e. The molecule has 1 unspecified atom stereocenters. The lowest BCUT2D eigenvalue weighted by molar-refractivity contribution is -0.131. The second-order valence-electron chi connectivity index (χ2n) is 8.81. The molecule has 1 aliphatic heterocycles. The van der Waals surface area contributed by atoms with Crippen molar-refractivity contribution in [1.29, 1.82) is 0 Å². The molecule has 8 heteroatoms. The molecular weight excluding hydrogens is 486 g/mol. The number of amides is 1. The predicted molar refractivity (Wildman–Crippen MR) is 142 cm³/mol. The normalized spacial score (nSPS) is 16.7. The van der Waals surface area contributed by atoms with Gasteiger partial charge in [-0.25, -0.2) is 0 Å². The molecule has 198 valence electrons. The monoisotopic (exact) mass is 517 g/mol. The molecule has 1 atom stereocenters. The molecule has 0 saturated carbocycles. The standard InChI is InChI=1S/C30H31NO7/c1-5-15-38-23-12-9-21(10-13-23)28(33)30(22-11-14-26(36-3)27(17-22)37-4)18-25(32)29(34)31(30)19-20-7-6-8-24(16-20)35-2/h6-14,16-18,32H,5,15,19H2,1-4H3. The first-order valence-electron chi connectivity index (χ1n) is 12.2. The highest BCUT2D eigenvalue weighted by molar-refractivity contribution is 6.11. The van der Waals surface area contributed by atoms with E-state index in [0.717, 1.165) is 12.0 Å². The summed E-state index contributed by atoms with van der Waals surface area (Å²) in [6, 6.07) is 19.0. The molecule has 0 aliphatic carbocycles. The van der Waals surface area contributed by atoms with E-state index in [1.165, 1.54) is 25.2 Å². The highest BCUT2D eigenvalue weighted by Crippen LogP contribution is 2.44. The van der Waals surface area contributed by atoms with Gasteiger partial charge >= 0.3 is 0 Å².